The zero-order chi connectivity index (χ0) is 13.9. The molecule has 20 heavy (non-hydrogen) atoms. The quantitative estimate of drug-likeness (QED) is 0.910. The number of H-pyrrole nitrogens is 1. The van der Waals surface area contributed by atoms with Gasteiger partial charge in [-0.25, -0.2) is 4.98 Å². The molecule has 3 rings (SSSR count). The number of rotatable bonds is 4. The van der Waals surface area contributed by atoms with E-state index in [4.69, 9.17) is 0 Å². The molecule has 0 aliphatic heterocycles. The van der Waals surface area contributed by atoms with Gasteiger partial charge in [0, 0.05) is 0 Å². The van der Waals surface area contributed by atoms with Crippen molar-refractivity contribution in [1.82, 2.24) is 15.3 Å². The first-order valence-corrected chi connectivity index (χ1v) is 8.27. The maximum absolute atomic E-state index is 11.9. The fraction of sp³-hybridized carbons (Fsp3) is 0.600. The molecule has 2 unspecified atom stereocenters. The summed E-state index contributed by atoms with van der Waals surface area (Å²) >= 11 is 1.44. The molecule has 1 aliphatic rings. The lowest BCUT2D eigenvalue weighted by Gasteiger charge is -2.26. The molecule has 108 valence electrons. The van der Waals surface area contributed by atoms with Crippen LogP contribution in [0.25, 0.3) is 10.2 Å². The molecule has 1 aliphatic carbocycles. The molecule has 0 aromatic carbocycles. The molecular formula is C15H21N3OS. The topological polar surface area (TPSA) is 57.8 Å². The molecular weight excluding hydrogens is 270 g/mol. The first-order chi connectivity index (χ1) is 9.72. The van der Waals surface area contributed by atoms with E-state index >= 15 is 0 Å². The van der Waals surface area contributed by atoms with Crippen molar-refractivity contribution >= 4 is 21.6 Å². The highest BCUT2D eigenvalue weighted by Crippen LogP contribution is 2.27. The largest absolute Gasteiger partial charge is 0.310 e. The average Bonchev–Trinajstić information content (AvgIpc) is 2.88. The molecule has 0 saturated heterocycles. The Bertz CT molecular complexity index is 633. The number of thiophene rings is 1. The fourth-order valence-corrected chi connectivity index (χ4v) is 3.87. The Labute approximate surface area is 122 Å². The van der Waals surface area contributed by atoms with Gasteiger partial charge in [0.05, 0.1) is 12.1 Å². The van der Waals surface area contributed by atoms with E-state index in [0.717, 1.165) is 34.4 Å². The molecule has 5 heteroatoms. The lowest BCUT2D eigenvalue weighted by atomic mass is 9.82. The molecule has 2 heterocycles. The van der Waals surface area contributed by atoms with Gasteiger partial charge in [-0.05, 0) is 42.7 Å². The van der Waals surface area contributed by atoms with Crippen LogP contribution in [0.1, 0.15) is 38.4 Å². The van der Waals surface area contributed by atoms with Crippen molar-refractivity contribution in [3.8, 4) is 0 Å². The lowest BCUT2D eigenvalue weighted by molar-refractivity contribution is 0.273. The summed E-state index contributed by atoms with van der Waals surface area (Å²) in [6.45, 7) is 4.01. The molecule has 0 bridgehead atoms. The third-order valence-corrected chi connectivity index (χ3v) is 5.04. The first-order valence-electron chi connectivity index (χ1n) is 7.39. The number of hydrogen-bond acceptors (Lipinski definition) is 4. The maximum atomic E-state index is 11.9. The van der Waals surface area contributed by atoms with Crippen molar-refractivity contribution < 1.29 is 0 Å². The van der Waals surface area contributed by atoms with Gasteiger partial charge in [0.15, 0.2) is 0 Å². The first kappa shape index (κ1) is 13.8. The zero-order valence-electron chi connectivity index (χ0n) is 11.8. The highest BCUT2D eigenvalue weighted by Gasteiger charge is 2.18. The zero-order valence-corrected chi connectivity index (χ0v) is 12.6. The fourth-order valence-electron chi connectivity index (χ4n) is 3.15. The lowest BCUT2D eigenvalue weighted by Crippen LogP contribution is -2.27. The van der Waals surface area contributed by atoms with Crippen LogP contribution in [-0.4, -0.2) is 16.5 Å². The summed E-state index contributed by atoms with van der Waals surface area (Å²) in [6.07, 6.45) is 5.37. The number of nitrogens with one attached hydrogen (secondary N) is 2. The van der Waals surface area contributed by atoms with Crippen LogP contribution in [0.3, 0.4) is 0 Å². The number of nitrogens with zero attached hydrogens (tertiary/aromatic N) is 1. The normalized spacial score (nSPS) is 23.2. The minimum Gasteiger partial charge on any atom is -0.310 e. The van der Waals surface area contributed by atoms with Gasteiger partial charge in [-0.15, -0.1) is 11.3 Å². The summed E-state index contributed by atoms with van der Waals surface area (Å²) in [5, 5.41) is 5.36. The second-order valence-electron chi connectivity index (χ2n) is 5.92. The standard InChI is InChI=1S/C15H21N3OS/c1-10-3-2-4-11(7-10)8-16-9-13-17-12-5-6-20-14(12)15(19)18-13/h5-6,10-11,16H,2-4,7-9H2,1H3,(H,17,18,19). The monoisotopic (exact) mass is 291 g/mol. The van der Waals surface area contributed by atoms with Crippen molar-refractivity contribution in [2.45, 2.75) is 39.2 Å². The predicted molar refractivity (Wildman–Crippen MR) is 83.1 cm³/mol. The molecule has 0 radical (unpaired) electrons. The Morgan fingerprint density at radius 2 is 2.40 bits per heavy atom. The van der Waals surface area contributed by atoms with Gasteiger partial charge in [0.2, 0.25) is 0 Å². The Hall–Kier alpha value is -1.20. The van der Waals surface area contributed by atoms with E-state index in [-0.39, 0.29) is 5.56 Å². The van der Waals surface area contributed by atoms with Crippen LogP contribution in [0.4, 0.5) is 0 Å². The van der Waals surface area contributed by atoms with Crippen LogP contribution in [0.2, 0.25) is 0 Å². The van der Waals surface area contributed by atoms with Crippen LogP contribution in [0.15, 0.2) is 16.2 Å². The van der Waals surface area contributed by atoms with Gasteiger partial charge in [0.25, 0.3) is 5.56 Å². The van der Waals surface area contributed by atoms with Gasteiger partial charge in [-0.3, -0.25) is 4.79 Å². The van der Waals surface area contributed by atoms with Gasteiger partial charge >= 0.3 is 0 Å². The second-order valence-corrected chi connectivity index (χ2v) is 6.83. The third-order valence-electron chi connectivity index (χ3n) is 4.13. The van der Waals surface area contributed by atoms with E-state index in [2.05, 4.69) is 22.2 Å². The van der Waals surface area contributed by atoms with Crippen LogP contribution in [0.5, 0.6) is 0 Å². The third kappa shape index (κ3) is 3.10. The maximum Gasteiger partial charge on any atom is 0.268 e. The van der Waals surface area contributed by atoms with Gasteiger partial charge in [-0.2, -0.15) is 0 Å². The van der Waals surface area contributed by atoms with E-state index < -0.39 is 0 Å². The van der Waals surface area contributed by atoms with Crippen molar-refractivity contribution in [2.24, 2.45) is 11.8 Å². The second kappa shape index (κ2) is 6.06. The number of aromatic nitrogens is 2. The summed E-state index contributed by atoms with van der Waals surface area (Å²) in [5.74, 6) is 2.37. The Balaban J connectivity index is 1.58. The van der Waals surface area contributed by atoms with Gasteiger partial charge in [0.1, 0.15) is 10.5 Å². The van der Waals surface area contributed by atoms with Crippen molar-refractivity contribution in [3.05, 3.63) is 27.6 Å². The smallest absolute Gasteiger partial charge is 0.268 e. The Morgan fingerprint density at radius 3 is 3.25 bits per heavy atom. The molecule has 1 fully saturated rings. The number of fused-ring (bicyclic) bond motifs is 1. The van der Waals surface area contributed by atoms with Crippen molar-refractivity contribution in [1.29, 1.82) is 0 Å². The average molecular weight is 291 g/mol. The summed E-state index contributed by atoms with van der Waals surface area (Å²) in [7, 11) is 0. The molecule has 4 nitrogen and oxygen atoms in total. The summed E-state index contributed by atoms with van der Waals surface area (Å²) < 4.78 is 0.717. The Kier molecular flexibility index (Phi) is 4.17. The van der Waals surface area contributed by atoms with E-state index in [1.165, 1.54) is 37.0 Å². The molecule has 2 aromatic rings. The van der Waals surface area contributed by atoms with Crippen LogP contribution < -0.4 is 10.9 Å². The van der Waals surface area contributed by atoms with Crippen LogP contribution >= 0.6 is 11.3 Å². The predicted octanol–water partition coefficient (Wildman–Crippen LogP) is 2.90. The SMILES string of the molecule is CC1CCCC(CNCc2nc3ccsc3c(=O)[nH]2)C1. The molecule has 0 amide bonds. The highest BCUT2D eigenvalue weighted by atomic mass is 32.1. The molecule has 1 saturated carbocycles. The minimum absolute atomic E-state index is 0.0203. The van der Waals surface area contributed by atoms with E-state index in [0.29, 0.717) is 6.54 Å². The minimum atomic E-state index is -0.0203. The van der Waals surface area contributed by atoms with Gasteiger partial charge in [-0.1, -0.05) is 19.8 Å². The summed E-state index contributed by atoms with van der Waals surface area (Å²) in [5.41, 5.74) is 0.787. The molecule has 2 N–H and O–H groups in total. The summed E-state index contributed by atoms with van der Waals surface area (Å²) in [6, 6.07) is 1.90. The number of aromatic amines is 1. The van der Waals surface area contributed by atoms with Crippen molar-refractivity contribution in [2.75, 3.05) is 6.54 Å². The van der Waals surface area contributed by atoms with Crippen LogP contribution in [-0.2, 0) is 6.54 Å². The Morgan fingerprint density at radius 1 is 1.50 bits per heavy atom. The van der Waals surface area contributed by atoms with E-state index in [1.807, 2.05) is 11.4 Å². The molecule has 2 aromatic heterocycles. The van der Waals surface area contributed by atoms with Crippen LogP contribution in [0, 0.1) is 11.8 Å². The van der Waals surface area contributed by atoms with E-state index in [9.17, 15) is 4.79 Å². The molecule has 2 atom stereocenters. The summed E-state index contributed by atoms with van der Waals surface area (Å²) in [4.78, 5) is 19.2. The molecule has 0 spiro atoms. The van der Waals surface area contributed by atoms with Crippen molar-refractivity contribution in [3.63, 3.8) is 0 Å². The van der Waals surface area contributed by atoms with E-state index in [1.54, 1.807) is 0 Å². The highest BCUT2D eigenvalue weighted by molar-refractivity contribution is 7.17. The van der Waals surface area contributed by atoms with Gasteiger partial charge < -0.3 is 10.3 Å². The number of hydrogen-bond donors (Lipinski definition) is 2.